The smallest absolute Gasteiger partial charge is 0.256 e. The van der Waals surface area contributed by atoms with Gasteiger partial charge in [-0.2, -0.15) is 11.3 Å². The zero-order chi connectivity index (χ0) is 13.8. The molecule has 1 aromatic heterocycles. The van der Waals surface area contributed by atoms with Crippen molar-refractivity contribution in [2.75, 3.05) is 5.32 Å². The Balaban J connectivity index is 1.93. The lowest BCUT2D eigenvalue weighted by Gasteiger charge is -2.09. The van der Waals surface area contributed by atoms with Crippen LogP contribution in [0.3, 0.4) is 0 Å². The Morgan fingerprint density at radius 1 is 0.900 bits per heavy atom. The van der Waals surface area contributed by atoms with Crippen LogP contribution in [0.4, 0.5) is 5.69 Å². The first-order valence-electron chi connectivity index (χ1n) is 6.32. The van der Waals surface area contributed by atoms with Crippen molar-refractivity contribution in [3.8, 4) is 11.1 Å². The van der Waals surface area contributed by atoms with E-state index in [0.717, 1.165) is 16.8 Å². The Morgan fingerprint density at radius 3 is 2.40 bits per heavy atom. The summed E-state index contributed by atoms with van der Waals surface area (Å²) in [6, 6.07) is 19.2. The highest BCUT2D eigenvalue weighted by Gasteiger charge is 2.12. The van der Waals surface area contributed by atoms with Crippen LogP contribution in [0.15, 0.2) is 71.4 Å². The first-order valence-corrected chi connectivity index (χ1v) is 7.27. The number of benzene rings is 2. The first-order chi connectivity index (χ1) is 9.84. The topological polar surface area (TPSA) is 29.1 Å². The maximum atomic E-state index is 12.4. The number of carbonyl (C=O) groups excluding carboxylic acids is 1. The van der Waals surface area contributed by atoms with Crippen LogP contribution in [-0.4, -0.2) is 5.91 Å². The molecule has 0 saturated heterocycles. The van der Waals surface area contributed by atoms with Crippen LogP contribution in [0.1, 0.15) is 10.4 Å². The van der Waals surface area contributed by atoms with Gasteiger partial charge < -0.3 is 5.32 Å². The Hall–Kier alpha value is -2.39. The van der Waals surface area contributed by atoms with Gasteiger partial charge >= 0.3 is 0 Å². The number of hydrogen-bond donors (Lipinski definition) is 1. The fraction of sp³-hybridized carbons (Fsp3) is 0. The number of amides is 1. The van der Waals surface area contributed by atoms with E-state index in [0.29, 0.717) is 5.56 Å². The van der Waals surface area contributed by atoms with Crippen LogP contribution in [0.25, 0.3) is 11.1 Å². The quantitative estimate of drug-likeness (QED) is 0.741. The summed E-state index contributed by atoms with van der Waals surface area (Å²) in [7, 11) is 0. The molecule has 0 aliphatic rings. The number of hydrogen-bond acceptors (Lipinski definition) is 2. The Morgan fingerprint density at radius 2 is 1.65 bits per heavy atom. The van der Waals surface area contributed by atoms with Gasteiger partial charge in [0.2, 0.25) is 0 Å². The van der Waals surface area contributed by atoms with Gasteiger partial charge in [0.05, 0.1) is 0 Å². The second-order valence-corrected chi connectivity index (χ2v) is 5.16. The second kappa shape index (κ2) is 5.72. The summed E-state index contributed by atoms with van der Waals surface area (Å²) in [6.07, 6.45) is 0. The Bertz CT molecular complexity index is 705. The van der Waals surface area contributed by atoms with Gasteiger partial charge in [-0.3, -0.25) is 4.79 Å². The van der Waals surface area contributed by atoms with E-state index in [1.165, 1.54) is 0 Å². The molecule has 3 aromatic rings. The van der Waals surface area contributed by atoms with Crippen LogP contribution in [0, 0.1) is 0 Å². The molecule has 0 saturated carbocycles. The van der Waals surface area contributed by atoms with Gasteiger partial charge in [0, 0.05) is 11.3 Å². The molecule has 1 N–H and O–H groups in total. The number of nitrogens with one attached hydrogen (secondary N) is 1. The van der Waals surface area contributed by atoms with E-state index in [2.05, 4.69) is 10.7 Å². The highest BCUT2D eigenvalue weighted by Crippen LogP contribution is 2.26. The van der Waals surface area contributed by atoms with Gasteiger partial charge in [-0.05, 0) is 46.2 Å². The van der Waals surface area contributed by atoms with Crippen LogP contribution in [0.2, 0.25) is 0 Å². The lowest BCUT2D eigenvalue weighted by Crippen LogP contribution is -2.12. The monoisotopic (exact) mass is 279 g/mol. The van der Waals surface area contributed by atoms with Gasteiger partial charge in [-0.1, -0.05) is 36.4 Å². The molecule has 2 nitrogen and oxygen atoms in total. The predicted octanol–water partition coefficient (Wildman–Crippen LogP) is 4.67. The zero-order valence-electron chi connectivity index (χ0n) is 10.7. The molecule has 98 valence electrons. The molecule has 0 fully saturated rings. The fourth-order valence-electron chi connectivity index (χ4n) is 2.07. The molecule has 1 heterocycles. The molecule has 0 aliphatic heterocycles. The maximum absolute atomic E-state index is 12.4. The lowest BCUT2D eigenvalue weighted by atomic mass is 10.0. The highest BCUT2D eigenvalue weighted by atomic mass is 32.1. The number of carbonyl (C=O) groups is 1. The standard InChI is InChI=1S/C17H13NOS/c19-17(18-14-6-2-1-3-7-14)16-9-5-4-8-15(16)13-10-11-20-12-13/h1-12H,(H,18,19). The molecule has 20 heavy (non-hydrogen) atoms. The second-order valence-electron chi connectivity index (χ2n) is 4.38. The summed E-state index contributed by atoms with van der Waals surface area (Å²) >= 11 is 1.63. The minimum absolute atomic E-state index is 0.0852. The summed E-state index contributed by atoms with van der Waals surface area (Å²) < 4.78 is 0. The molecule has 3 heteroatoms. The van der Waals surface area contributed by atoms with Crippen molar-refractivity contribution in [2.45, 2.75) is 0 Å². The summed E-state index contributed by atoms with van der Waals surface area (Å²) in [4.78, 5) is 12.4. The number of thiophene rings is 1. The van der Waals surface area contributed by atoms with Crippen molar-refractivity contribution >= 4 is 22.9 Å². The van der Waals surface area contributed by atoms with Crippen LogP contribution >= 0.6 is 11.3 Å². The van der Waals surface area contributed by atoms with E-state index in [1.807, 2.05) is 66.0 Å². The Kier molecular flexibility index (Phi) is 3.61. The van der Waals surface area contributed by atoms with E-state index < -0.39 is 0 Å². The third kappa shape index (κ3) is 2.63. The predicted molar refractivity (Wildman–Crippen MR) is 84.2 cm³/mol. The van der Waals surface area contributed by atoms with E-state index in [4.69, 9.17) is 0 Å². The van der Waals surface area contributed by atoms with Crippen molar-refractivity contribution in [3.63, 3.8) is 0 Å². The fourth-order valence-corrected chi connectivity index (χ4v) is 2.73. The minimum atomic E-state index is -0.0852. The average Bonchev–Trinajstić information content (AvgIpc) is 3.02. The van der Waals surface area contributed by atoms with Crippen molar-refractivity contribution in [3.05, 3.63) is 77.0 Å². The molecule has 0 bridgehead atoms. The van der Waals surface area contributed by atoms with Gasteiger partial charge in [0.1, 0.15) is 0 Å². The highest BCUT2D eigenvalue weighted by molar-refractivity contribution is 7.08. The van der Waals surface area contributed by atoms with Gasteiger partial charge in [0.15, 0.2) is 0 Å². The molecule has 1 amide bonds. The van der Waals surface area contributed by atoms with Crippen LogP contribution in [0.5, 0.6) is 0 Å². The summed E-state index contributed by atoms with van der Waals surface area (Å²) in [5.74, 6) is -0.0852. The average molecular weight is 279 g/mol. The van der Waals surface area contributed by atoms with Gasteiger partial charge in [0.25, 0.3) is 5.91 Å². The maximum Gasteiger partial charge on any atom is 0.256 e. The zero-order valence-corrected chi connectivity index (χ0v) is 11.6. The molecule has 0 spiro atoms. The number of para-hydroxylation sites is 1. The molecule has 0 aliphatic carbocycles. The SMILES string of the molecule is O=C(Nc1ccccc1)c1ccccc1-c1ccsc1. The summed E-state index contributed by atoms with van der Waals surface area (Å²) in [5.41, 5.74) is 3.53. The van der Waals surface area contributed by atoms with Crippen molar-refractivity contribution < 1.29 is 4.79 Å². The van der Waals surface area contributed by atoms with Crippen LogP contribution < -0.4 is 5.32 Å². The number of anilines is 1. The van der Waals surface area contributed by atoms with Gasteiger partial charge in [-0.15, -0.1) is 0 Å². The third-order valence-electron chi connectivity index (χ3n) is 3.04. The molecule has 0 unspecified atom stereocenters. The van der Waals surface area contributed by atoms with E-state index in [-0.39, 0.29) is 5.91 Å². The van der Waals surface area contributed by atoms with Crippen molar-refractivity contribution in [2.24, 2.45) is 0 Å². The largest absolute Gasteiger partial charge is 0.322 e. The third-order valence-corrected chi connectivity index (χ3v) is 3.72. The van der Waals surface area contributed by atoms with Crippen LogP contribution in [-0.2, 0) is 0 Å². The molecule has 3 rings (SSSR count). The first kappa shape index (κ1) is 12.6. The normalized spacial score (nSPS) is 10.2. The van der Waals surface area contributed by atoms with Gasteiger partial charge in [-0.25, -0.2) is 0 Å². The Labute approximate surface area is 121 Å². The summed E-state index contributed by atoms with van der Waals surface area (Å²) in [5, 5.41) is 6.99. The lowest BCUT2D eigenvalue weighted by molar-refractivity contribution is 0.102. The van der Waals surface area contributed by atoms with Crippen molar-refractivity contribution in [1.29, 1.82) is 0 Å². The molecular formula is C17H13NOS. The molecule has 2 aromatic carbocycles. The number of rotatable bonds is 3. The summed E-state index contributed by atoms with van der Waals surface area (Å²) in [6.45, 7) is 0. The molecule has 0 atom stereocenters. The molecule has 0 radical (unpaired) electrons. The minimum Gasteiger partial charge on any atom is -0.322 e. The van der Waals surface area contributed by atoms with E-state index in [9.17, 15) is 4.79 Å². The van der Waals surface area contributed by atoms with E-state index in [1.54, 1.807) is 11.3 Å². The van der Waals surface area contributed by atoms with E-state index >= 15 is 0 Å². The molecular weight excluding hydrogens is 266 g/mol. The van der Waals surface area contributed by atoms with Crippen molar-refractivity contribution in [1.82, 2.24) is 0 Å².